The highest BCUT2D eigenvalue weighted by Crippen LogP contribution is 2.23. The lowest BCUT2D eigenvalue weighted by atomic mass is 10.0. The van der Waals surface area contributed by atoms with Crippen molar-refractivity contribution in [2.24, 2.45) is 5.10 Å². The van der Waals surface area contributed by atoms with Gasteiger partial charge < -0.3 is 5.73 Å². The lowest BCUT2D eigenvalue weighted by Crippen LogP contribution is -1.91. The average molecular weight is 329 g/mol. The van der Waals surface area contributed by atoms with Gasteiger partial charge in [0.05, 0.1) is 6.21 Å². The normalized spacial score (nSPS) is 11.0. The zero-order valence-corrected chi connectivity index (χ0v) is 13.1. The van der Waals surface area contributed by atoms with Gasteiger partial charge in [-0.25, -0.2) is 4.98 Å². The molecule has 0 amide bonds. The zero-order chi connectivity index (χ0) is 15.4. The fourth-order valence-corrected chi connectivity index (χ4v) is 2.70. The first-order valence-corrected chi connectivity index (χ1v) is 7.82. The summed E-state index contributed by atoms with van der Waals surface area (Å²) in [6, 6.07) is 15.8. The second kappa shape index (κ2) is 6.60. The van der Waals surface area contributed by atoms with Crippen LogP contribution in [0.25, 0.3) is 11.1 Å². The van der Waals surface area contributed by atoms with Crippen LogP contribution in [-0.4, -0.2) is 11.2 Å². The highest BCUT2D eigenvalue weighted by atomic mass is 35.5. The highest BCUT2D eigenvalue weighted by Gasteiger charge is 1.99. The Kier molecular flexibility index (Phi) is 4.37. The van der Waals surface area contributed by atoms with Gasteiger partial charge in [0, 0.05) is 10.4 Å². The summed E-state index contributed by atoms with van der Waals surface area (Å²) < 4.78 is 0. The number of rotatable bonds is 4. The average Bonchev–Trinajstić information content (AvgIpc) is 2.93. The molecule has 0 saturated carbocycles. The van der Waals surface area contributed by atoms with Gasteiger partial charge in [-0.3, -0.25) is 5.43 Å². The number of nitrogens with zero attached hydrogens (tertiary/aromatic N) is 2. The molecule has 3 aromatic rings. The number of halogens is 1. The summed E-state index contributed by atoms with van der Waals surface area (Å²) in [6.45, 7) is 0. The second-order valence-corrected chi connectivity index (χ2v) is 5.88. The Bertz CT molecular complexity index is 813. The van der Waals surface area contributed by atoms with Crippen molar-refractivity contribution in [2.45, 2.75) is 0 Å². The van der Waals surface area contributed by atoms with E-state index < -0.39 is 0 Å². The fourth-order valence-electron chi connectivity index (χ4n) is 1.97. The van der Waals surface area contributed by atoms with E-state index in [4.69, 9.17) is 17.3 Å². The van der Waals surface area contributed by atoms with E-state index in [1.54, 1.807) is 11.6 Å². The van der Waals surface area contributed by atoms with Crippen LogP contribution in [0.5, 0.6) is 0 Å². The highest BCUT2D eigenvalue weighted by molar-refractivity contribution is 7.14. The predicted molar refractivity (Wildman–Crippen MR) is 94.6 cm³/mol. The molecule has 1 aromatic heterocycles. The van der Waals surface area contributed by atoms with E-state index in [1.165, 1.54) is 11.3 Å². The largest absolute Gasteiger partial charge is 0.383 e. The Hall–Kier alpha value is -2.37. The van der Waals surface area contributed by atoms with Crippen LogP contribution in [-0.2, 0) is 0 Å². The molecule has 6 heteroatoms. The molecular formula is C16H13ClN4S. The molecule has 3 N–H and O–H groups in total. The number of thiazole rings is 1. The first-order chi connectivity index (χ1) is 10.7. The molecule has 0 aliphatic carbocycles. The summed E-state index contributed by atoms with van der Waals surface area (Å²) in [5, 5.41) is 7.32. The number of nitrogens with two attached hydrogens (primary N) is 1. The van der Waals surface area contributed by atoms with Crippen molar-refractivity contribution in [2.75, 3.05) is 11.2 Å². The van der Waals surface area contributed by atoms with Crippen LogP contribution in [0, 0.1) is 0 Å². The maximum Gasteiger partial charge on any atom is 0.205 e. The van der Waals surface area contributed by atoms with Crippen molar-refractivity contribution in [1.29, 1.82) is 0 Å². The summed E-state index contributed by atoms with van der Waals surface area (Å²) >= 11 is 7.45. The van der Waals surface area contributed by atoms with Crippen LogP contribution in [0.3, 0.4) is 0 Å². The van der Waals surface area contributed by atoms with E-state index in [0.29, 0.717) is 10.9 Å². The number of anilines is 2. The Morgan fingerprint density at radius 3 is 2.64 bits per heavy atom. The summed E-state index contributed by atoms with van der Waals surface area (Å²) in [7, 11) is 0. The van der Waals surface area contributed by atoms with Gasteiger partial charge in [-0.2, -0.15) is 5.10 Å². The van der Waals surface area contributed by atoms with Crippen LogP contribution < -0.4 is 11.2 Å². The maximum atomic E-state index is 6.04. The minimum absolute atomic E-state index is 0.491. The fraction of sp³-hybridized carbons (Fsp3) is 0. The Morgan fingerprint density at radius 1 is 1.14 bits per heavy atom. The first kappa shape index (κ1) is 14.6. The van der Waals surface area contributed by atoms with Gasteiger partial charge in [-0.15, -0.1) is 11.3 Å². The second-order valence-electron chi connectivity index (χ2n) is 4.58. The van der Waals surface area contributed by atoms with E-state index in [9.17, 15) is 0 Å². The minimum Gasteiger partial charge on any atom is -0.383 e. The van der Waals surface area contributed by atoms with Gasteiger partial charge in [0.25, 0.3) is 0 Å². The number of aromatic nitrogens is 1. The topological polar surface area (TPSA) is 63.3 Å². The Balaban J connectivity index is 1.76. The monoisotopic (exact) mass is 328 g/mol. The van der Waals surface area contributed by atoms with E-state index in [2.05, 4.69) is 15.5 Å². The number of nitrogens with one attached hydrogen (secondary N) is 1. The SMILES string of the molecule is Nc1csc(NN=Cc2cccc(-c3cccc(Cl)c3)c2)n1. The minimum atomic E-state index is 0.491. The molecule has 0 bridgehead atoms. The van der Waals surface area contributed by atoms with Crippen LogP contribution in [0.4, 0.5) is 10.9 Å². The summed E-state index contributed by atoms with van der Waals surface area (Å²) in [5.74, 6) is 0.491. The molecule has 4 nitrogen and oxygen atoms in total. The van der Waals surface area contributed by atoms with Crippen molar-refractivity contribution in [3.8, 4) is 11.1 Å². The molecule has 0 unspecified atom stereocenters. The molecule has 0 fully saturated rings. The van der Waals surface area contributed by atoms with Gasteiger partial charge in [0.1, 0.15) is 5.82 Å². The zero-order valence-electron chi connectivity index (χ0n) is 11.5. The first-order valence-electron chi connectivity index (χ1n) is 6.57. The molecule has 0 radical (unpaired) electrons. The van der Waals surface area contributed by atoms with Crippen LogP contribution >= 0.6 is 22.9 Å². The molecule has 3 rings (SSSR count). The van der Waals surface area contributed by atoms with Gasteiger partial charge in [0.2, 0.25) is 5.13 Å². The number of hydrogen-bond acceptors (Lipinski definition) is 5. The molecule has 1 heterocycles. The molecule has 2 aromatic carbocycles. The van der Waals surface area contributed by atoms with E-state index >= 15 is 0 Å². The summed E-state index contributed by atoms with van der Waals surface area (Å²) in [4.78, 5) is 4.07. The van der Waals surface area contributed by atoms with Crippen LogP contribution in [0.2, 0.25) is 5.02 Å². The third kappa shape index (κ3) is 3.63. The molecule has 110 valence electrons. The van der Waals surface area contributed by atoms with Gasteiger partial charge in [0.15, 0.2) is 0 Å². The maximum absolute atomic E-state index is 6.04. The van der Waals surface area contributed by atoms with Crippen LogP contribution in [0.15, 0.2) is 59.0 Å². The number of hydrazone groups is 1. The molecule has 0 spiro atoms. The van der Waals surface area contributed by atoms with Gasteiger partial charge in [-0.05, 0) is 34.9 Å². The molecular weight excluding hydrogens is 316 g/mol. The van der Waals surface area contributed by atoms with Gasteiger partial charge >= 0.3 is 0 Å². The number of hydrogen-bond donors (Lipinski definition) is 2. The predicted octanol–water partition coefficient (Wildman–Crippen LogP) is 4.49. The van der Waals surface area contributed by atoms with Crippen molar-refractivity contribution >= 4 is 40.1 Å². The standard InChI is InChI=1S/C16H13ClN4S/c17-14-6-2-5-13(8-14)12-4-1-3-11(7-12)9-19-21-16-20-15(18)10-22-16/h1-10H,18H2,(H,20,21). The molecule has 0 saturated heterocycles. The summed E-state index contributed by atoms with van der Waals surface area (Å²) in [6.07, 6.45) is 1.74. The molecule has 0 atom stereocenters. The van der Waals surface area contributed by atoms with E-state index in [-0.39, 0.29) is 0 Å². The molecule has 22 heavy (non-hydrogen) atoms. The lowest BCUT2D eigenvalue weighted by molar-refractivity contribution is 1.29. The van der Waals surface area contributed by atoms with E-state index in [1.807, 2.05) is 48.5 Å². The van der Waals surface area contributed by atoms with Gasteiger partial charge in [-0.1, -0.05) is 41.9 Å². The van der Waals surface area contributed by atoms with Crippen molar-refractivity contribution in [3.63, 3.8) is 0 Å². The van der Waals surface area contributed by atoms with Crippen molar-refractivity contribution < 1.29 is 0 Å². The van der Waals surface area contributed by atoms with Crippen LogP contribution in [0.1, 0.15) is 5.56 Å². The number of benzene rings is 2. The summed E-state index contributed by atoms with van der Waals surface area (Å²) in [5.41, 5.74) is 11.6. The van der Waals surface area contributed by atoms with E-state index in [0.717, 1.165) is 21.7 Å². The molecule has 0 aliphatic rings. The third-order valence-corrected chi connectivity index (χ3v) is 3.94. The Morgan fingerprint density at radius 2 is 1.91 bits per heavy atom. The smallest absolute Gasteiger partial charge is 0.205 e. The quantitative estimate of drug-likeness (QED) is 0.548. The number of nitrogen functional groups attached to an aromatic ring is 1. The lowest BCUT2D eigenvalue weighted by Gasteiger charge is -2.03. The molecule has 0 aliphatic heterocycles. The van der Waals surface area contributed by atoms with Crippen molar-refractivity contribution in [3.05, 3.63) is 64.5 Å². The Labute approximate surface area is 137 Å². The third-order valence-electron chi connectivity index (χ3n) is 2.94. The van der Waals surface area contributed by atoms with Crippen molar-refractivity contribution in [1.82, 2.24) is 4.98 Å².